The van der Waals surface area contributed by atoms with Gasteiger partial charge in [0.25, 0.3) is 0 Å². The van der Waals surface area contributed by atoms with Crippen LogP contribution >= 0.6 is 0 Å². The van der Waals surface area contributed by atoms with Crippen LogP contribution in [-0.2, 0) is 19.1 Å². The van der Waals surface area contributed by atoms with Crippen molar-refractivity contribution in [1.29, 1.82) is 0 Å². The van der Waals surface area contributed by atoms with Crippen LogP contribution in [-0.4, -0.2) is 46.1 Å². The average molecular weight is 348 g/mol. The van der Waals surface area contributed by atoms with Gasteiger partial charge in [-0.05, 0) is 18.9 Å². The number of aliphatic hydroxyl groups excluding tert-OH is 2. The van der Waals surface area contributed by atoms with Gasteiger partial charge in [0.1, 0.15) is 18.0 Å². The Morgan fingerprint density at radius 2 is 1.84 bits per heavy atom. The number of ether oxygens (including phenoxy) is 1. The molecule has 1 heterocycles. The molecule has 2 bridgehead atoms. The molecule has 0 aromatic rings. The Hall–Kier alpha value is -1.53. The minimum Gasteiger partial charge on any atom is -0.459 e. The first-order valence-corrected chi connectivity index (χ1v) is 8.88. The second-order valence-electron chi connectivity index (χ2n) is 8.73. The van der Waals surface area contributed by atoms with Crippen LogP contribution in [0.5, 0.6) is 0 Å². The summed E-state index contributed by atoms with van der Waals surface area (Å²) >= 11 is 0. The number of Topliss-reactive ketones (excluding diaryl/α,β-unsaturated/α-hetero) is 1. The molecule has 0 aromatic carbocycles. The molecule has 0 amide bonds. The maximum absolute atomic E-state index is 13.2. The van der Waals surface area contributed by atoms with Gasteiger partial charge in [-0.1, -0.05) is 26.3 Å². The normalized spacial score (nSPS) is 54.6. The zero-order chi connectivity index (χ0) is 18.5. The van der Waals surface area contributed by atoms with Gasteiger partial charge >= 0.3 is 5.97 Å². The van der Waals surface area contributed by atoms with E-state index >= 15 is 0 Å². The van der Waals surface area contributed by atoms with Crippen LogP contribution < -0.4 is 0 Å². The van der Waals surface area contributed by atoms with E-state index in [1.807, 2.05) is 6.92 Å². The maximum atomic E-state index is 13.2. The van der Waals surface area contributed by atoms with Crippen molar-refractivity contribution in [3.05, 3.63) is 11.6 Å². The van der Waals surface area contributed by atoms with Crippen LogP contribution in [0.25, 0.3) is 0 Å². The van der Waals surface area contributed by atoms with Gasteiger partial charge in [0.15, 0.2) is 5.78 Å². The van der Waals surface area contributed by atoms with Crippen molar-refractivity contribution in [2.24, 2.45) is 34.5 Å². The topological polar surface area (TPSA) is 101 Å². The largest absolute Gasteiger partial charge is 0.459 e. The Balaban J connectivity index is 1.96. The first-order chi connectivity index (χ1) is 11.6. The molecule has 9 atom stereocenters. The SMILES string of the molecule is CC1=CC(=O)[C@@H](O)[C@]2(C)C3[C@@H](O)[C@@H]4OC(=O)[C@@H]([C@H]4C)[C@]3(C)C(=O)C[C@@H]12. The van der Waals surface area contributed by atoms with E-state index in [-0.39, 0.29) is 24.0 Å². The summed E-state index contributed by atoms with van der Waals surface area (Å²) in [6.07, 6.45) is -1.54. The second-order valence-corrected chi connectivity index (χ2v) is 8.73. The predicted molar refractivity (Wildman–Crippen MR) is 86.1 cm³/mol. The molecule has 0 spiro atoms. The Bertz CT molecular complexity index is 725. The number of hydrogen-bond acceptors (Lipinski definition) is 6. The predicted octanol–water partition coefficient (Wildman–Crippen LogP) is 0.646. The minimum absolute atomic E-state index is 0.0949. The number of esters is 1. The van der Waals surface area contributed by atoms with E-state index in [0.717, 1.165) is 5.57 Å². The minimum atomic E-state index is -1.31. The van der Waals surface area contributed by atoms with Crippen molar-refractivity contribution >= 4 is 17.5 Å². The molecule has 2 saturated carbocycles. The first-order valence-electron chi connectivity index (χ1n) is 8.88. The molecule has 136 valence electrons. The molecule has 0 radical (unpaired) electrons. The highest BCUT2D eigenvalue weighted by atomic mass is 16.6. The molecule has 6 nitrogen and oxygen atoms in total. The molecule has 0 aromatic heterocycles. The van der Waals surface area contributed by atoms with E-state index in [0.29, 0.717) is 0 Å². The van der Waals surface area contributed by atoms with Crippen LogP contribution in [0.1, 0.15) is 34.1 Å². The summed E-state index contributed by atoms with van der Waals surface area (Å²) in [5, 5.41) is 21.9. The zero-order valence-corrected chi connectivity index (χ0v) is 14.9. The third kappa shape index (κ3) is 1.70. The van der Waals surface area contributed by atoms with Crippen molar-refractivity contribution in [1.82, 2.24) is 0 Å². The Kier molecular flexibility index (Phi) is 3.24. The summed E-state index contributed by atoms with van der Waals surface area (Å²) in [6, 6.07) is 0. The van der Waals surface area contributed by atoms with Crippen molar-refractivity contribution in [3.63, 3.8) is 0 Å². The van der Waals surface area contributed by atoms with Gasteiger partial charge in [-0.25, -0.2) is 0 Å². The summed E-state index contributed by atoms with van der Waals surface area (Å²) in [6.45, 7) is 7.09. The van der Waals surface area contributed by atoms with Crippen LogP contribution in [0, 0.1) is 34.5 Å². The molecule has 1 aliphatic heterocycles. The van der Waals surface area contributed by atoms with Gasteiger partial charge in [0.2, 0.25) is 0 Å². The average Bonchev–Trinajstić information content (AvgIpc) is 2.78. The van der Waals surface area contributed by atoms with Gasteiger partial charge in [0.05, 0.1) is 12.0 Å². The number of allylic oxidation sites excluding steroid dienone is 1. The Morgan fingerprint density at radius 3 is 2.48 bits per heavy atom. The number of rotatable bonds is 0. The molecule has 2 N–H and O–H groups in total. The summed E-state index contributed by atoms with van der Waals surface area (Å²) < 4.78 is 5.41. The summed E-state index contributed by atoms with van der Waals surface area (Å²) in [5.74, 6) is -2.93. The zero-order valence-electron chi connectivity index (χ0n) is 14.9. The summed E-state index contributed by atoms with van der Waals surface area (Å²) in [7, 11) is 0. The highest BCUT2D eigenvalue weighted by Gasteiger charge is 2.74. The fourth-order valence-corrected chi connectivity index (χ4v) is 6.55. The van der Waals surface area contributed by atoms with E-state index in [4.69, 9.17) is 4.74 Å². The molecule has 1 saturated heterocycles. The molecular weight excluding hydrogens is 324 g/mol. The monoisotopic (exact) mass is 348 g/mol. The fraction of sp³-hybridized carbons (Fsp3) is 0.737. The summed E-state index contributed by atoms with van der Waals surface area (Å²) in [5.41, 5.74) is -1.41. The lowest BCUT2D eigenvalue weighted by atomic mass is 9.40. The number of ketones is 2. The molecule has 3 fully saturated rings. The molecular formula is C19H24O6. The van der Waals surface area contributed by atoms with Gasteiger partial charge in [-0.2, -0.15) is 0 Å². The smallest absolute Gasteiger partial charge is 0.310 e. The molecule has 4 aliphatic rings. The van der Waals surface area contributed by atoms with Gasteiger partial charge in [-0.3, -0.25) is 14.4 Å². The number of fused-ring (bicyclic) bond motifs is 6. The maximum Gasteiger partial charge on any atom is 0.310 e. The van der Waals surface area contributed by atoms with Crippen LogP contribution in [0.15, 0.2) is 11.6 Å². The standard InChI is InChI=1S/C19H24O6/c1-7-5-10(20)16(23)18(3)9(7)6-11(21)19(4)12-8(2)14(25-17(12)24)13(22)15(18)19/h5,8-9,12-16,22-23H,6H2,1-4H3/t8-,9+,12-,13+,14-,15?,16-,18+,19+/m1/s1. The van der Waals surface area contributed by atoms with Gasteiger partial charge < -0.3 is 14.9 Å². The first kappa shape index (κ1) is 16.9. The highest BCUT2D eigenvalue weighted by Crippen LogP contribution is 2.66. The van der Waals surface area contributed by atoms with Crippen molar-refractivity contribution < 1.29 is 29.3 Å². The van der Waals surface area contributed by atoms with Crippen LogP contribution in [0.3, 0.4) is 0 Å². The Morgan fingerprint density at radius 1 is 1.20 bits per heavy atom. The molecule has 6 heteroatoms. The van der Waals surface area contributed by atoms with Crippen molar-refractivity contribution in [2.45, 2.75) is 52.4 Å². The lowest BCUT2D eigenvalue weighted by Crippen LogP contribution is -2.70. The third-order valence-corrected chi connectivity index (χ3v) is 7.71. The molecule has 3 aliphatic carbocycles. The Labute approximate surface area is 146 Å². The molecule has 4 rings (SSSR count). The number of hydrogen-bond donors (Lipinski definition) is 2. The van der Waals surface area contributed by atoms with Crippen LogP contribution in [0.2, 0.25) is 0 Å². The van der Waals surface area contributed by atoms with Crippen molar-refractivity contribution in [2.75, 3.05) is 0 Å². The number of carbonyl (C=O) groups is 3. The molecule has 25 heavy (non-hydrogen) atoms. The fourth-order valence-electron chi connectivity index (χ4n) is 6.55. The lowest BCUT2D eigenvalue weighted by Gasteiger charge is -2.62. The quantitative estimate of drug-likeness (QED) is 0.623. The van der Waals surface area contributed by atoms with Gasteiger partial charge in [-0.15, -0.1) is 0 Å². The van der Waals surface area contributed by atoms with E-state index in [2.05, 4.69) is 0 Å². The third-order valence-electron chi connectivity index (χ3n) is 7.71. The van der Waals surface area contributed by atoms with E-state index in [1.54, 1.807) is 20.8 Å². The number of aliphatic hydroxyl groups is 2. The summed E-state index contributed by atoms with van der Waals surface area (Å²) in [4.78, 5) is 38.0. The van der Waals surface area contributed by atoms with Crippen LogP contribution in [0.4, 0.5) is 0 Å². The van der Waals surface area contributed by atoms with Crippen molar-refractivity contribution in [3.8, 4) is 0 Å². The molecule has 1 unspecified atom stereocenters. The highest BCUT2D eigenvalue weighted by molar-refractivity contribution is 5.98. The number of carbonyl (C=O) groups excluding carboxylic acids is 3. The van der Waals surface area contributed by atoms with Gasteiger partial charge in [0, 0.05) is 29.1 Å². The van der Waals surface area contributed by atoms with E-state index in [9.17, 15) is 24.6 Å². The van der Waals surface area contributed by atoms with E-state index < -0.39 is 52.7 Å². The lowest BCUT2D eigenvalue weighted by molar-refractivity contribution is -0.208. The second kappa shape index (κ2) is 4.80. The van der Waals surface area contributed by atoms with E-state index in [1.165, 1.54) is 6.08 Å².